The van der Waals surface area contributed by atoms with E-state index in [1.807, 2.05) is 32.0 Å². The molecule has 9 heteroatoms. The normalized spacial score (nSPS) is 11.8. The topological polar surface area (TPSA) is 69.0 Å². The zero-order valence-corrected chi connectivity index (χ0v) is 21.1. The van der Waals surface area contributed by atoms with Crippen LogP contribution < -0.4 is 15.9 Å². The molecule has 3 heterocycles. The number of nitrogens with one attached hydrogen (secondary N) is 1. The van der Waals surface area contributed by atoms with Crippen LogP contribution in [0.5, 0.6) is 11.5 Å². The maximum absolute atomic E-state index is 13.0. The van der Waals surface area contributed by atoms with Crippen molar-refractivity contribution in [2.24, 2.45) is 14.1 Å². The largest absolute Gasteiger partial charge is 0.455 e. The Morgan fingerprint density at radius 1 is 0.842 bits per heavy atom. The molecule has 0 amide bonds. The molecular weight excluding hydrogens is 495 g/mol. The van der Waals surface area contributed by atoms with Gasteiger partial charge in [0.05, 0.1) is 11.8 Å². The lowest BCUT2D eigenvalue weighted by Gasteiger charge is -2.17. The lowest BCUT2D eigenvalue weighted by atomic mass is 10.0. The van der Waals surface area contributed by atoms with Crippen LogP contribution in [0.1, 0.15) is 16.7 Å². The van der Waals surface area contributed by atoms with E-state index in [1.165, 1.54) is 27.3 Å². The molecule has 5 aromatic rings. The van der Waals surface area contributed by atoms with Gasteiger partial charge < -0.3 is 18.9 Å². The fourth-order valence-electron chi connectivity index (χ4n) is 4.51. The Bertz CT molecular complexity index is 1790. The van der Waals surface area contributed by atoms with Gasteiger partial charge in [-0.2, -0.15) is 13.2 Å². The highest BCUT2D eigenvalue weighted by Gasteiger charge is 2.30. The van der Waals surface area contributed by atoms with Gasteiger partial charge in [0, 0.05) is 48.6 Å². The molecule has 5 rings (SSSR count). The van der Waals surface area contributed by atoms with E-state index < -0.39 is 11.7 Å². The van der Waals surface area contributed by atoms with E-state index in [1.54, 1.807) is 32.6 Å². The van der Waals surface area contributed by atoms with Crippen LogP contribution in [0, 0.1) is 13.8 Å². The Labute approximate surface area is 215 Å². The number of nitrogens with zero attached hydrogens (tertiary/aromatic N) is 2. The van der Waals surface area contributed by atoms with Crippen LogP contribution in [0.4, 0.5) is 13.2 Å². The second kappa shape index (κ2) is 9.09. The molecule has 38 heavy (non-hydrogen) atoms. The third-order valence-corrected chi connectivity index (χ3v) is 6.59. The molecule has 0 atom stereocenters. The number of pyridine rings is 2. The van der Waals surface area contributed by atoms with E-state index >= 15 is 0 Å². The average molecular weight is 520 g/mol. The van der Waals surface area contributed by atoms with Crippen LogP contribution in [-0.2, 0) is 20.3 Å². The summed E-state index contributed by atoms with van der Waals surface area (Å²) < 4.78 is 48.3. The molecule has 0 saturated carbocycles. The van der Waals surface area contributed by atoms with Gasteiger partial charge in [-0.3, -0.25) is 9.59 Å². The Morgan fingerprint density at radius 3 is 2.13 bits per heavy atom. The number of halogens is 3. The van der Waals surface area contributed by atoms with Crippen molar-refractivity contribution < 1.29 is 17.9 Å². The molecule has 194 valence electrons. The average Bonchev–Trinajstić information content (AvgIpc) is 3.31. The first kappa shape index (κ1) is 25.1. The van der Waals surface area contributed by atoms with Crippen LogP contribution in [0.25, 0.3) is 33.3 Å². The van der Waals surface area contributed by atoms with Crippen LogP contribution in [0.15, 0.2) is 76.6 Å². The summed E-state index contributed by atoms with van der Waals surface area (Å²) in [5, 5.41) is 0.516. The summed E-state index contributed by atoms with van der Waals surface area (Å²) in [6, 6.07) is 13.6. The molecule has 3 aromatic heterocycles. The second-order valence-electron chi connectivity index (χ2n) is 9.33. The summed E-state index contributed by atoms with van der Waals surface area (Å²) in [4.78, 5) is 28.8. The maximum Gasteiger partial charge on any atom is 0.416 e. The van der Waals surface area contributed by atoms with Gasteiger partial charge in [0.15, 0.2) is 5.75 Å². The second-order valence-corrected chi connectivity index (χ2v) is 9.33. The predicted molar refractivity (Wildman–Crippen MR) is 141 cm³/mol. The van der Waals surface area contributed by atoms with Crippen LogP contribution in [0.2, 0.25) is 0 Å². The fraction of sp³-hybridized carbons (Fsp3) is 0.172. The number of rotatable bonds is 4. The number of hydrogen-bond acceptors (Lipinski definition) is 3. The summed E-state index contributed by atoms with van der Waals surface area (Å²) in [7, 11) is 3.22. The molecule has 0 aliphatic rings. The minimum Gasteiger partial charge on any atom is -0.455 e. The number of hydrogen-bond donors (Lipinski definition) is 1. The van der Waals surface area contributed by atoms with Crippen molar-refractivity contribution >= 4 is 10.9 Å². The van der Waals surface area contributed by atoms with Crippen molar-refractivity contribution in [2.75, 3.05) is 0 Å². The molecule has 0 saturated heterocycles. The van der Waals surface area contributed by atoms with Gasteiger partial charge in [-0.15, -0.1) is 0 Å². The zero-order valence-electron chi connectivity index (χ0n) is 21.1. The maximum atomic E-state index is 13.0. The highest BCUT2D eigenvalue weighted by Crippen LogP contribution is 2.39. The van der Waals surface area contributed by atoms with E-state index in [2.05, 4.69) is 4.98 Å². The Morgan fingerprint density at radius 2 is 1.50 bits per heavy atom. The highest BCUT2D eigenvalue weighted by atomic mass is 19.4. The molecule has 0 aliphatic carbocycles. The number of alkyl halides is 3. The van der Waals surface area contributed by atoms with Gasteiger partial charge in [0.25, 0.3) is 11.1 Å². The molecule has 0 spiro atoms. The first-order valence-electron chi connectivity index (χ1n) is 11.8. The lowest BCUT2D eigenvalue weighted by Crippen LogP contribution is -2.18. The SMILES string of the molecule is Cc1cccc(C)c1Oc1cn(C)c(=O)cc1-c1cn(C)c(=O)c2[nH]c(-c3ccc(C(F)(F)F)cc3)cc12. The summed E-state index contributed by atoms with van der Waals surface area (Å²) in [6.07, 6.45) is -1.22. The van der Waals surface area contributed by atoms with E-state index in [0.717, 1.165) is 23.3 Å². The quantitative estimate of drug-likeness (QED) is 0.302. The number of fused-ring (bicyclic) bond motifs is 1. The van der Waals surface area contributed by atoms with Gasteiger partial charge in [-0.25, -0.2) is 0 Å². The van der Waals surface area contributed by atoms with E-state index in [-0.39, 0.29) is 16.6 Å². The first-order chi connectivity index (χ1) is 17.9. The number of H-pyrrole nitrogens is 1. The van der Waals surface area contributed by atoms with Crippen molar-refractivity contribution in [3.63, 3.8) is 0 Å². The molecule has 0 fully saturated rings. The van der Waals surface area contributed by atoms with Crippen molar-refractivity contribution in [3.05, 3.63) is 104 Å². The smallest absolute Gasteiger partial charge is 0.416 e. The van der Waals surface area contributed by atoms with Crippen molar-refractivity contribution in [1.82, 2.24) is 14.1 Å². The highest BCUT2D eigenvalue weighted by molar-refractivity contribution is 5.98. The van der Waals surface area contributed by atoms with E-state index in [4.69, 9.17) is 4.74 Å². The third kappa shape index (κ3) is 4.40. The summed E-state index contributed by atoms with van der Waals surface area (Å²) in [6.45, 7) is 3.85. The van der Waals surface area contributed by atoms with Crippen LogP contribution in [-0.4, -0.2) is 14.1 Å². The standard InChI is InChI=1S/C29H24F3N3O3/c1-16-6-5-7-17(2)27(16)38-24-15-34(3)25(36)13-20(24)22-14-35(4)28(37)26-21(22)12-23(33-26)18-8-10-19(11-9-18)29(30,31)32/h5-15,33H,1-4H3. The molecular formula is C29H24F3N3O3. The molecule has 6 nitrogen and oxygen atoms in total. The zero-order chi connectivity index (χ0) is 27.4. The number of para-hydroxylation sites is 1. The molecule has 1 N–H and O–H groups in total. The molecule has 0 radical (unpaired) electrons. The first-order valence-corrected chi connectivity index (χ1v) is 11.8. The van der Waals surface area contributed by atoms with Crippen molar-refractivity contribution in [2.45, 2.75) is 20.0 Å². The monoisotopic (exact) mass is 519 g/mol. The fourth-order valence-corrected chi connectivity index (χ4v) is 4.51. The molecule has 0 bridgehead atoms. The van der Waals surface area contributed by atoms with E-state index in [0.29, 0.717) is 39.3 Å². The van der Waals surface area contributed by atoms with Crippen molar-refractivity contribution in [1.29, 1.82) is 0 Å². The number of benzene rings is 2. The Kier molecular flexibility index (Phi) is 6.01. The van der Waals surface area contributed by atoms with Crippen molar-refractivity contribution in [3.8, 4) is 33.9 Å². The van der Waals surface area contributed by atoms with Gasteiger partial charge in [0.1, 0.15) is 11.3 Å². The Balaban J connectivity index is 1.72. The summed E-state index contributed by atoms with van der Waals surface area (Å²) in [5.41, 5.74) is 2.75. The van der Waals surface area contributed by atoms with Crippen LogP contribution in [0.3, 0.4) is 0 Å². The number of aromatic nitrogens is 3. The molecule has 0 unspecified atom stereocenters. The Hall–Kier alpha value is -4.53. The predicted octanol–water partition coefficient (Wildman–Crippen LogP) is 6.33. The third-order valence-electron chi connectivity index (χ3n) is 6.59. The van der Waals surface area contributed by atoms with Gasteiger partial charge in [0.2, 0.25) is 0 Å². The minimum atomic E-state index is -4.45. The summed E-state index contributed by atoms with van der Waals surface area (Å²) in [5.74, 6) is 1.08. The van der Waals surface area contributed by atoms with E-state index in [9.17, 15) is 22.8 Å². The van der Waals surface area contributed by atoms with Gasteiger partial charge in [-0.1, -0.05) is 30.3 Å². The number of ether oxygens (including phenoxy) is 1. The number of aryl methyl sites for hydroxylation is 4. The molecule has 2 aromatic carbocycles. The van der Waals surface area contributed by atoms with Gasteiger partial charge >= 0.3 is 6.18 Å². The van der Waals surface area contributed by atoms with Gasteiger partial charge in [-0.05, 0) is 48.7 Å². The number of aromatic amines is 1. The lowest BCUT2D eigenvalue weighted by molar-refractivity contribution is -0.137. The summed E-state index contributed by atoms with van der Waals surface area (Å²) >= 11 is 0. The minimum absolute atomic E-state index is 0.263. The van der Waals surface area contributed by atoms with Crippen LogP contribution >= 0.6 is 0 Å². The molecule has 0 aliphatic heterocycles.